The van der Waals surface area contributed by atoms with Gasteiger partial charge in [0.1, 0.15) is 5.60 Å². The Hall–Kier alpha value is -3.60. The van der Waals surface area contributed by atoms with Crippen molar-refractivity contribution in [3.05, 3.63) is 89.5 Å². The van der Waals surface area contributed by atoms with Crippen LogP contribution >= 0.6 is 0 Å². The smallest absolute Gasteiger partial charge is 0.410 e. The van der Waals surface area contributed by atoms with Gasteiger partial charge in [0, 0.05) is 24.3 Å². The number of carbonyl (C=O) groups is 2. The number of amides is 2. The average Bonchev–Trinajstić information content (AvgIpc) is 3.17. The van der Waals surface area contributed by atoms with Crippen LogP contribution in [0.3, 0.4) is 0 Å². The Balaban J connectivity index is 1.42. The lowest BCUT2D eigenvalue weighted by molar-refractivity contribution is 0.0241. The number of nitrogens with zero attached hydrogens (tertiary/aromatic N) is 1. The molecule has 0 spiro atoms. The van der Waals surface area contributed by atoms with E-state index >= 15 is 0 Å². The number of fused-ring (bicyclic) bond motifs is 1. The molecule has 0 aliphatic carbocycles. The molecule has 158 valence electrons. The highest BCUT2D eigenvalue weighted by Crippen LogP contribution is 2.27. The zero-order valence-electron chi connectivity index (χ0n) is 18.0. The Morgan fingerprint density at radius 1 is 0.839 bits per heavy atom. The second kappa shape index (κ2) is 8.26. The maximum absolute atomic E-state index is 12.7. The lowest BCUT2D eigenvalue weighted by Crippen LogP contribution is -2.33. The van der Waals surface area contributed by atoms with Gasteiger partial charge in [0.2, 0.25) is 0 Å². The van der Waals surface area contributed by atoms with Crippen LogP contribution in [0.2, 0.25) is 0 Å². The van der Waals surface area contributed by atoms with Crippen molar-refractivity contribution in [3.63, 3.8) is 0 Å². The lowest BCUT2D eigenvalue weighted by atomic mass is 10.0. The molecule has 0 unspecified atom stereocenters. The predicted molar refractivity (Wildman–Crippen MR) is 122 cm³/mol. The summed E-state index contributed by atoms with van der Waals surface area (Å²) >= 11 is 0. The summed E-state index contributed by atoms with van der Waals surface area (Å²) in [7, 11) is 0. The molecule has 0 aromatic heterocycles. The molecule has 1 heterocycles. The lowest BCUT2D eigenvalue weighted by Gasteiger charge is -2.24. The van der Waals surface area contributed by atoms with Crippen molar-refractivity contribution in [3.8, 4) is 11.1 Å². The van der Waals surface area contributed by atoms with Crippen LogP contribution in [0.1, 0.15) is 42.3 Å². The second-order valence-electron chi connectivity index (χ2n) is 8.72. The van der Waals surface area contributed by atoms with Gasteiger partial charge in [-0.15, -0.1) is 0 Å². The highest BCUT2D eigenvalue weighted by molar-refractivity contribution is 6.04. The zero-order chi connectivity index (χ0) is 22.0. The summed E-state index contributed by atoms with van der Waals surface area (Å²) in [5.74, 6) is -0.165. The Morgan fingerprint density at radius 2 is 1.48 bits per heavy atom. The minimum atomic E-state index is -0.527. The Bertz CT molecular complexity index is 1100. The van der Waals surface area contributed by atoms with Crippen molar-refractivity contribution in [1.82, 2.24) is 4.90 Å². The number of nitrogens with one attached hydrogen (secondary N) is 1. The van der Waals surface area contributed by atoms with E-state index in [4.69, 9.17) is 4.74 Å². The molecule has 1 aliphatic heterocycles. The molecule has 31 heavy (non-hydrogen) atoms. The molecule has 0 radical (unpaired) electrons. The van der Waals surface area contributed by atoms with Crippen LogP contribution in [0.25, 0.3) is 11.1 Å². The number of benzene rings is 3. The summed E-state index contributed by atoms with van der Waals surface area (Å²) in [6.07, 6.45) is -0.326. The van der Waals surface area contributed by atoms with Crippen molar-refractivity contribution in [2.24, 2.45) is 0 Å². The summed E-state index contributed by atoms with van der Waals surface area (Å²) in [5, 5.41) is 2.96. The average molecular weight is 415 g/mol. The first-order valence-electron chi connectivity index (χ1n) is 10.3. The number of anilines is 1. The number of rotatable bonds is 3. The van der Waals surface area contributed by atoms with Gasteiger partial charge in [-0.2, -0.15) is 0 Å². The quantitative estimate of drug-likeness (QED) is 0.584. The SMILES string of the molecule is CC(C)(C)OC(=O)N1Cc2ccc(NC(=O)c3ccc(-c4ccccc4)cc3)cc2C1. The molecular formula is C26H26N2O3. The van der Waals surface area contributed by atoms with Gasteiger partial charge in [0.15, 0.2) is 0 Å². The van der Waals surface area contributed by atoms with Crippen LogP contribution in [-0.2, 0) is 17.8 Å². The van der Waals surface area contributed by atoms with E-state index in [1.807, 2.05) is 93.6 Å². The third-order valence-electron chi connectivity index (χ3n) is 5.09. The number of hydrogen-bond donors (Lipinski definition) is 1. The largest absolute Gasteiger partial charge is 0.444 e. The summed E-state index contributed by atoms with van der Waals surface area (Å²) in [5.41, 5.74) is 5.04. The second-order valence-corrected chi connectivity index (χ2v) is 8.72. The highest BCUT2D eigenvalue weighted by atomic mass is 16.6. The molecule has 0 fully saturated rings. The van der Waals surface area contributed by atoms with Crippen molar-refractivity contribution in [2.45, 2.75) is 39.5 Å². The van der Waals surface area contributed by atoms with Crippen molar-refractivity contribution >= 4 is 17.7 Å². The molecule has 0 bridgehead atoms. The van der Waals surface area contributed by atoms with Crippen LogP contribution in [0, 0.1) is 0 Å². The van der Waals surface area contributed by atoms with Gasteiger partial charge >= 0.3 is 6.09 Å². The maximum Gasteiger partial charge on any atom is 0.410 e. The Labute approximate surface area is 182 Å². The molecule has 1 aliphatic rings. The van der Waals surface area contributed by atoms with Gasteiger partial charge in [-0.25, -0.2) is 4.79 Å². The fraction of sp³-hybridized carbons (Fsp3) is 0.231. The molecule has 3 aromatic rings. The molecule has 0 saturated heterocycles. The number of carbonyl (C=O) groups excluding carboxylic acids is 2. The van der Waals surface area contributed by atoms with E-state index in [2.05, 4.69) is 5.32 Å². The van der Waals surface area contributed by atoms with E-state index in [1.165, 1.54) is 0 Å². The summed E-state index contributed by atoms with van der Waals surface area (Å²) in [4.78, 5) is 26.7. The van der Waals surface area contributed by atoms with E-state index in [0.717, 1.165) is 22.3 Å². The van der Waals surface area contributed by atoms with Gasteiger partial charge in [0.25, 0.3) is 5.91 Å². The van der Waals surface area contributed by atoms with Gasteiger partial charge in [0.05, 0.1) is 0 Å². The van der Waals surface area contributed by atoms with Crippen LogP contribution in [-0.4, -0.2) is 22.5 Å². The van der Waals surface area contributed by atoms with Crippen LogP contribution in [0.15, 0.2) is 72.8 Å². The standard InChI is InChI=1S/C26H26N2O3/c1-26(2,3)31-25(30)28-16-21-13-14-23(15-22(21)17-28)27-24(29)20-11-9-19(10-12-20)18-7-5-4-6-8-18/h4-15H,16-17H2,1-3H3,(H,27,29). The molecular weight excluding hydrogens is 388 g/mol. The van der Waals surface area contributed by atoms with Crippen molar-refractivity contribution < 1.29 is 14.3 Å². The fourth-order valence-corrected chi connectivity index (χ4v) is 3.58. The van der Waals surface area contributed by atoms with E-state index in [-0.39, 0.29) is 12.0 Å². The predicted octanol–water partition coefficient (Wildman–Crippen LogP) is 5.86. The molecule has 4 rings (SSSR count). The van der Waals surface area contributed by atoms with Crippen LogP contribution < -0.4 is 5.32 Å². The molecule has 0 saturated carbocycles. The van der Waals surface area contributed by atoms with Gasteiger partial charge in [-0.05, 0) is 67.3 Å². The normalized spacial score (nSPS) is 12.9. The first-order chi connectivity index (χ1) is 14.8. The molecule has 5 heteroatoms. The van der Waals surface area contributed by atoms with Crippen LogP contribution in [0.5, 0.6) is 0 Å². The minimum Gasteiger partial charge on any atom is -0.444 e. The zero-order valence-corrected chi connectivity index (χ0v) is 18.0. The minimum absolute atomic E-state index is 0.165. The Morgan fingerprint density at radius 3 is 2.16 bits per heavy atom. The highest BCUT2D eigenvalue weighted by Gasteiger charge is 2.27. The van der Waals surface area contributed by atoms with E-state index < -0.39 is 5.60 Å². The van der Waals surface area contributed by atoms with Crippen molar-refractivity contribution in [2.75, 3.05) is 5.32 Å². The van der Waals surface area contributed by atoms with Gasteiger partial charge < -0.3 is 10.1 Å². The summed E-state index contributed by atoms with van der Waals surface area (Å²) in [6, 6.07) is 23.4. The van der Waals surface area contributed by atoms with Crippen LogP contribution in [0.4, 0.5) is 10.5 Å². The third-order valence-corrected chi connectivity index (χ3v) is 5.09. The topological polar surface area (TPSA) is 58.6 Å². The first-order valence-corrected chi connectivity index (χ1v) is 10.3. The van der Waals surface area contributed by atoms with Crippen molar-refractivity contribution in [1.29, 1.82) is 0 Å². The summed E-state index contributed by atoms with van der Waals surface area (Å²) < 4.78 is 5.46. The monoisotopic (exact) mass is 414 g/mol. The van der Waals surface area contributed by atoms with Gasteiger partial charge in [-0.1, -0.05) is 48.5 Å². The molecule has 5 nitrogen and oxygen atoms in total. The molecule has 1 N–H and O–H groups in total. The maximum atomic E-state index is 12.7. The molecule has 3 aromatic carbocycles. The summed E-state index contributed by atoms with van der Waals surface area (Å²) in [6.45, 7) is 6.55. The van der Waals surface area contributed by atoms with Gasteiger partial charge in [-0.3, -0.25) is 9.69 Å². The molecule has 0 atom stereocenters. The Kier molecular flexibility index (Phi) is 5.51. The third kappa shape index (κ3) is 4.94. The first kappa shape index (κ1) is 20.7. The van der Waals surface area contributed by atoms with E-state index in [1.54, 1.807) is 4.90 Å². The van der Waals surface area contributed by atoms with E-state index in [9.17, 15) is 9.59 Å². The van der Waals surface area contributed by atoms with E-state index in [0.29, 0.717) is 24.3 Å². The number of hydrogen-bond acceptors (Lipinski definition) is 3. The fourth-order valence-electron chi connectivity index (χ4n) is 3.58. The molecule has 2 amide bonds. The number of ether oxygens (including phenoxy) is 1.